The number of imidazole rings is 1. The number of hydrogen-bond donors (Lipinski definition) is 1. The number of hydrogen-bond acceptors (Lipinski definition) is 3. The Balaban J connectivity index is 1.99. The highest BCUT2D eigenvalue weighted by atomic mass is 16.2. The van der Waals surface area contributed by atoms with Gasteiger partial charge in [0.1, 0.15) is 0 Å². The zero-order chi connectivity index (χ0) is 21.0. The summed E-state index contributed by atoms with van der Waals surface area (Å²) in [4.78, 5) is 32.4. The van der Waals surface area contributed by atoms with Gasteiger partial charge in [0.2, 0.25) is 5.82 Å². The van der Waals surface area contributed by atoms with E-state index in [1.54, 1.807) is 15.5 Å². The van der Waals surface area contributed by atoms with Gasteiger partial charge in [-0.2, -0.15) is 0 Å². The van der Waals surface area contributed by atoms with E-state index in [2.05, 4.69) is 10.3 Å². The number of amides is 2. The van der Waals surface area contributed by atoms with Gasteiger partial charge in [-0.25, -0.2) is 4.98 Å². The number of aromatic nitrogens is 2. The van der Waals surface area contributed by atoms with Gasteiger partial charge >= 0.3 is 0 Å². The summed E-state index contributed by atoms with van der Waals surface area (Å²) < 4.78 is 1.69. The molecule has 1 unspecified atom stereocenters. The van der Waals surface area contributed by atoms with Crippen LogP contribution in [-0.2, 0) is 6.54 Å². The lowest BCUT2D eigenvalue weighted by Gasteiger charge is -2.26. The number of carbonyl (C=O) groups excluding carboxylic acids is 2. The third kappa shape index (κ3) is 4.47. The molecule has 6 heteroatoms. The van der Waals surface area contributed by atoms with E-state index in [4.69, 9.17) is 0 Å². The number of nitrogens with zero attached hydrogens (tertiary/aromatic N) is 3. The molecule has 29 heavy (non-hydrogen) atoms. The van der Waals surface area contributed by atoms with Crippen molar-refractivity contribution in [3.63, 3.8) is 0 Å². The van der Waals surface area contributed by atoms with Crippen molar-refractivity contribution < 1.29 is 9.59 Å². The average molecular weight is 393 g/mol. The first kappa shape index (κ1) is 20.6. The lowest BCUT2D eigenvalue weighted by Crippen LogP contribution is -2.37. The van der Waals surface area contributed by atoms with Gasteiger partial charge in [-0.3, -0.25) is 14.0 Å². The molecule has 0 aliphatic heterocycles. The van der Waals surface area contributed by atoms with Crippen LogP contribution in [0.5, 0.6) is 0 Å². The Bertz CT molecular complexity index is 995. The monoisotopic (exact) mass is 392 g/mol. The van der Waals surface area contributed by atoms with E-state index >= 15 is 0 Å². The Labute approximate surface area is 171 Å². The van der Waals surface area contributed by atoms with Crippen molar-refractivity contribution in [2.45, 2.75) is 52.7 Å². The minimum absolute atomic E-state index is 0.0134. The third-order valence-corrected chi connectivity index (χ3v) is 5.02. The van der Waals surface area contributed by atoms with Crippen LogP contribution in [0.4, 0.5) is 0 Å². The van der Waals surface area contributed by atoms with Crippen molar-refractivity contribution in [3.05, 3.63) is 71.8 Å². The van der Waals surface area contributed by atoms with Crippen LogP contribution in [0.1, 0.15) is 60.8 Å². The van der Waals surface area contributed by atoms with Gasteiger partial charge in [0.05, 0.1) is 5.52 Å². The summed E-state index contributed by atoms with van der Waals surface area (Å²) in [5, 5.41) is 2.93. The molecule has 3 rings (SSSR count). The molecule has 3 aromatic rings. The summed E-state index contributed by atoms with van der Waals surface area (Å²) in [6, 6.07) is 15.4. The SMILES string of the molecule is CCC(C)NC(=O)c1nc(C(=O)N(Cc2ccccc2)C(C)C)c2ccccn12. The van der Waals surface area contributed by atoms with E-state index < -0.39 is 0 Å². The normalized spacial score (nSPS) is 12.2. The Morgan fingerprint density at radius 2 is 1.76 bits per heavy atom. The number of carbonyl (C=O) groups is 2. The maximum atomic E-state index is 13.4. The molecular formula is C23H28N4O2. The highest BCUT2D eigenvalue weighted by molar-refractivity contribution is 6.02. The van der Waals surface area contributed by atoms with E-state index in [9.17, 15) is 9.59 Å². The van der Waals surface area contributed by atoms with E-state index in [1.165, 1.54) is 0 Å². The second-order valence-electron chi connectivity index (χ2n) is 7.54. The highest BCUT2D eigenvalue weighted by Gasteiger charge is 2.27. The maximum absolute atomic E-state index is 13.4. The molecule has 0 saturated carbocycles. The van der Waals surface area contributed by atoms with Gasteiger partial charge in [0.15, 0.2) is 5.69 Å². The molecule has 152 valence electrons. The van der Waals surface area contributed by atoms with Gasteiger partial charge in [0.25, 0.3) is 11.8 Å². The second-order valence-corrected chi connectivity index (χ2v) is 7.54. The fraction of sp³-hybridized carbons (Fsp3) is 0.348. The number of nitrogens with one attached hydrogen (secondary N) is 1. The standard InChI is InChI=1S/C23H28N4O2/c1-5-17(4)24-22(28)21-25-20(19-13-9-10-14-26(19)21)23(29)27(16(2)3)15-18-11-7-6-8-12-18/h6-14,16-17H,5,15H2,1-4H3,(H,24,28). The number of pyridine rings is 1. The minimum Gasteiger partial charge on any atom is -0.347 e. The predicted molar refractivity (Wildman–Crippen MR) is 114 cm³/mol. The lowest BCUT2D eigenvalue weighted by molar-refractivity contribution is 0.0687. The van der Waals surface area contributed by atoms with Crippen LogP contribution in [0.2, 0.25) is 0 Å². The summed E-state index contributed by atoms with van der Waals surface area (Å²) in [5.41, 5.74) is 1.97. The maximum Gasteiger partial charge on any atom is 0.287 e. The van der Waals surface area contributed by atoms with Crippen molar-refractivity contribution in [1.29, 1.82) is 0 Å². The molecule has 0 aliphatic rings. The van der Waals surface area contributed by atoms with Gasteiger partial charge in [-0.05, 0) is 44.9 Å². The van der Waals surface area contributed by atoms with Crippen molar-refractivity contribution in [3.8, 4) is 0 Å². The first-order valence-electron chi connectivity index (χ1n) is 10.0. The third-order valence-electron chi connectivity index (χ3n) is 5.02. The topological polar surface area (TPSA) is 66.7 Å². The number of rotatable bonds is 7. The zero-order valence-corrected chi connectivity index (χ0v) is 17.4. The zero-order valence-electron chi connectivity index (χ0n) is 17.4. The van der Waals surface area contributed by atoms with Crippen molar-refractivity contribution >= 4 is 17.3 Å². The van der Waals surface area contributed by atoms with Crippen LogP contribution in [0, 0.1) is 0 Å². The quantitative estimate of drug-likeness (QED) is 0.663. The van der Waals surface area contributed by atoms with Gasteiger partial charge in [-0.1, -0.05) is 43.3 Å². The predicted octanol–water partition coefficient (Wildman–Crippen LogP) is 3.91. The molecule has 1 aromatic carbocycles. The molecule has 6 nitrogen and oxygen atoms in total. The van der Waals surface area contributed by atoms with Crippen LogP contribution in [0.15, 0.2) is 54.7 Å². The van der Waals surface area contributed by atoms with Gasteiger partial charge < -0.3 is 10.2 Å². The van der Waals surface area contributed by atoms with Crippen LogP contribution < -0.4 is 5.32 Å². The Kier molecular flexibility index (Phi) is 6.32. The largest absolute Gasteiger partial charge is 0.347 e. The molecule has 2 aromatic heterocycles. The van der Waals surface area contributed by atoms with Crippen molar-refractivity contribution in [1.82, 2.24) is 19.6 Å². The first-order valence-corrected chi connectivity index (χ1v) is 10.0. The molecule has 0 radical (unpaired) electrons. The van der Waals surface area contributed by atoms with Gasteiger partial charge in [0, 0.05) is 24.8 Å². The molecule has 2 amide bonds. The highest BCUT2D eigenvalue weighted by Crippen LogP contribution is 2.19. The molecular weight excluding hydrogens is 364 g/mol. The van der Waals surface area contributed by atoms with Crippen LogP contribution >= 0.6 is 0 Å². The summed E-state index contributed by atoms with van der Waals surface area (Å²) in [5.74, 6) is -0.235. The summed E-state index contributed by atoms with van der Waals surface area (Å²) in [7, 11) is 0. The number of benzene rings is 1. The Morgan fingerprint density at radius 1 is 1.07 bits per heavy atom. The smallest absolute Gasteiger partial charge is 0.287 e. The molecule has 0 bridgehead atoms. The molecule has 1 atom stereocenters. The second kappa shape index (κ2) is 8.90. The molecule has 0 fully saturated rings. The fourth-order valence-electron chi connectivity index (χ4n) is 3.15. The van der Waals surface area contributed by atoms with Gasteiger partial charge in [-0.15, -0.1) is 0 Å². The lowest BCUT2D eigenvalue weighted by atomic mass is 10.1. The Hall–Kier alpha value is -3.15. The number of fused-ring (bicyclic) bond motifs is 1. The van der Waals surface area contributed by atoms with Crippen molar-refractivity contribution in [2.24, 2.45) is 0 Å². The summed E-state index contributed by atoms with van der Waals surface area (Å²) >= 11 is 0. The fourth-order valence-corrected chi connectivity index (χ4v) is 3.15. The summed E-state index contributed by atoms with van der Waals surface area (Å²) in [6.07, 6.45) is 2.58. The summed E-state index contributed by atoms with van der Waals surface area (Å²) in [6.45, 7) is 8.40. The molecule has 1 N–H and O–H groups in total. The first-order chi connectivity index (χ1) is 13.9. The minimum atomic E-state index is -0.279. The van der Waals surface area contributed by atoms with E-state index in [1.807, 2.05) is 76.2 Å². The van der Waals surface area contributed by atoms with Crippen molar-refractivity contribution in [2.75, 3.05) is 0 Å². The van der Waals surface area contributed by atoms with E-state index in [0.29, 0.717) is 17.8 Å². The van der Waals surface area contributed by atoms with E-state index in [-0.39, 0.29) is 29.7 Å². The van der Waals surface area contributed by atoms with Crippen LogP contribution in [0.25, 0.3) is 5.52 Å². The molecule has 2 heterocycles. The molecule has 0 saturated heterocycles. The van der Waals surface area contributed by atoms with E-state index in [0.717, 1.165) is 12.0 Å². The van der Waals surface area contributed by atoms with Crippen LogP contribution in [-0.4, -0.2) is 38.2 Å². The Morgan fingerprint density at radius 3 is 2.41 bits per heavy atom. The molecule has 0 aliphatic carbocycles. The van der Waals surface area contributed by atoms with Crippen LogP contribution in [0.3, 0.4) is 0 Å². The molecule has 0 spiro atoms. The average Bonchev–Trinajstić information content (AvgIpc) is 3.12.